The molecule has 0 fully saturated rings. The zero-order chi connectivity index (χ0) is 21.2. The minimum absolute atomic E-state index is 0.105. The van der Waals surface area contributed by atoms with E-state index in [2.05, 4.69) is 15.2 Å². The third kappa shape index (κ3) is 4.53. The first kappa shape index (κ1) is 20.3. The lowest BCUT2D eigenvalue weighted by atomic mass is 10.1. The highest BCUT2D eigenvalue weighted by Gasteiger charge is 2.40. The fraction of sp³-hybridized carbons (Fsp3) is 0.158. The minimum Gasteiger partial charge on any atom is -0.435 e. The molecule has 3 rings (SSSR count). The smallest absolute Gasteiger partial charge is 0.434 e. The van der Waals surface area contributed by atoms with Crippen LogP contribution < -0.4 is 10.1 Å². The Hall–Kier alpha value is -3.43. The molecule has 0 saturated heterocycles. The molecule has 0 saturated carbocycles. The van der Waals surface area contributed by atoms with E-state index in [4.69, 9.17) is 0 Å². The second kappa shape index (κ2) is 7.90. The van der Waals surface area contributed by atoms with Crippen molar-refractivity contribution in [1.29, 1.82) is 0 Å². The van der Waals surface area contributed by atoms with E-state index in [0.717, 1.165) is 18.3 Å². The quantitative estimate of drug-likeness (QED) is 0.598. The molecule has 0 radical (unpaired) electrons. The number of anilines is 1. The summed E-state index contributed by atoms with van der Waals surface area (Å²) in [7, 11) is 0. The minimum atomic E-state index is -4.85. The number of nitrogens with zero attached hydrogens (tertiary/aromatic N) is 2. The molecular formula is C19H14F5N3O2. The summed E-state index contributed by atoms with van der Waals surface area (Å²) in [6.07, 6.45) is -4.01. The van der Waals surface area contributed by atoms with Gasteiger partial charge in [0.2, 0.25) is 0 Å². The van der Waals surface area contributed by atoms with Crippen molar-refractivity contribution >= 4 is 11.6 Å². The summed E-state index contributed by atoms with van der Waals surface area (Å²) in [6.45, 7) is -1.39. The summed E-state index contributed by atoms with van der Waals surface area (Å²) in [6, 6.07) is 11.1. The van der Waals surface area contributed by atoms with Crippen molar-refractivity contribution in [2.24, 2.45) is 0 Å². The van der Waals surface area contributed by atoms with Crippen LogP contribution in [0, 0.1) is 6.92 Å². The van der Waals surface area contributed by atoms with Gasteiger partial charge < -0.3 is 10.1 Å². The number of rotatable bonds is 5. The van der Waals surface area contributed by atoms with E-state index in [9.17, 15) is 26.7 Å². The average Bonchev–Trinajstić information content (AvgIpc) is 3.09. The Morgan fingerprint density at radius 1 is 1.10 bits per heavy atom. The summed E-state index contributed by atoms with van der Waals surface area (Å²) in [4.78, 5) is 12.5. The van der Waals surface area contributed by atoms with Crippen LogP contribution >= 0.6 is 0 Å². The predicted octanol–water partition coefficient (Wildman–Crippen LogP) is 5.05. The third-order valence-electron chi connectivity index (χ3n) is 3.96. The summed E-state index contributed by atoms with van der Waals surface area (Å²) in [5.41, 5.74) is -1.06. The van der Waals surface area contributed by atoms with E-state index in [1.54, 1.807) is 25.1 Å². The lowest BCUT2D eigenvalue weighted by molar-refractivity contribution is -0.143. The highest BCUT2D eigenvalue weighted by Crippen LogP contribution is 2.34. The zero-order valence-electron chi connectivity index (χ0n) is 14.9. The van der Waals surface area contributed by atoms with Gasteiger partial charge in [0.25, 0.3) is 5.91 Å². The first-order chi connectivity index (χ1) is 13.7. The molecule has 2 aromatic carbocycles. The molecule has 1 N–H and O–H groups in total. The fourth-order valence-electron chi connectivity index (χ4n) is 2.69. The van der Waals surface area contributed by atoms with E-state index in [1.165, 1.54) is 18.2 Å². The van der Waals surface area contributed by atoms with E-state index < -0.39 is 30.0 Å². The molecule has 10 heteroatoms. The van der Waals surface area contributed by atoms with Gasteiger partial charge in [-0.3, -0.25) is 4.79 Å². The molecule has 5 nitrogen and oxygen atoms in total. The maximum absolute atomic E-state index is 13.7. The number of ether oxygens (including phenoxy) is 1. The highest BCUT2D eigenvalue weighted by molar-refractivity contribution is 6.05. The molecule has 0 aliphatic rings. The fourth-order valence-corrected chi connectivity index (χ4v) is 2.69. The van der Waals surface area contributed by atoms with Crippen molar-refractivity contribution < 1.29 is 31.5 Å². The van der Waals surface area contributed by atoms with Crippen LogP contribution in [0.2, 0.25) is 0 Å². The van der Waals surface area contributed by atoms with Gasteiger partial charge in [0.05, 0.1) is 17.4 Å². The SMILES string of the molecule is Cc1ccccc1-n1ncc(C(=O)Nc2ccc(OC(F)F)cc2)c1C(F)(F)F. The Morgan fingerprint density at radius 3 is 2.34 bits per heavy atom. The lowest BCUT2D eigenvalue weighted by Crippen LogP contribution is -2.21. The number of hydrogen-bond donors (Lipinski definition) is 1. The Labute approximate surface area is 161 Å². The predicted molar refractivity (Wildman–Crippen MR) is 94.3 cm³/mol. The number of hydrogen-bond acceptors (Lipinski definition) is 3. The Kier molecular flexibility index (Phi) is 5.53. The maximum atomic E-state index is 13.7. The van der Waals surface area contributed by atoms with Gasteiger partial charge in [-0.25, -0.2) is 4.68 Å². The van der Waals surface area contributed by atoms with Crippen LogP contribution in [0.1, 0.15) is 21.6 Å². The number of benzene rings is 2. The highest BCUT2D eigenvalue weighted by atomic mass is 19.4. The van der Waals surface area contributed by atoms with Gasteiger partial charge in [0.15, 0.2) is 5.69 Å². The van der Waals surface area contributed by atoms with Gasteiger partial charge in [0.1, 0.15) is 5.75 Å². The first-order valence-corrected chi connectivity index (χ1v) is 8.24. The number of amides is 1. The Balaban J connectivity index is 1.92. The molecule has 0 spiro atoms. The molecule has 0 unspecified atom stereocenters. The summed E-state index contributed by atoms with van der Waals surface area (Å²) in [5.74, 6) is -1.19. The summed E-state index contributed by atoms with van der Waals surface area (Å²) < 4.78 is 70.3. The maximum Gasteiger partial charge on any atom is 0.434 e. The van der Waals surface area contributed by atoms with Crippen LogP contribution in [0.25, 0.3) is 5.69 Å². The number of alkyl halides is 5. The van der Waals surface area contributed by atoms with Crippen LogP contribution in [0.3, 0.4) is 0 Å². The second-order valence-electron chi connectivity index (χ2n) is 5.96. The van der Waals surface area contributed by atoms with Gasteiger partial charge in [-0.05, 0) is 42.8 Å². The van der Waals surface area contributed by atoms with Gasteiger partial charge in [0, 0.05) is 5.69 Å². The topological polar surface area (TPSA) is 56.2 Å². The average molecular weight is 411 g/mol. The van der Waals surface area contributed by atoms with E-state index in [1.807, 2.05) is 0 Å². The standard InChI is InChI=1S/C19H14F5N3O2/c1-11-4-2-3-5-15(11)27-16(19(22,23)24)14(10-25-27)17(28)26-12-6-8-13(9-7-12)29-18(20)21/h2-10,18H,1H3,(H,26,28). The number of aryl methyl sites for hydroxylation is 1. The van der Waals surface area contributed by atoms with Crippen LogP contribution in [0.15, 0.2) is 54.7 Å². The molecule has 0 bridgehead atoms. The molecule has 1 heterocycles. The second-order valence-corrected chi connectivity index (χ2v) is 5.96. The number of aromatic nitrogens is 2. The number of carbonyl (C=O) groups is 1. The van der Waals surface area contributed by atoms with Gasteiger partial charge in [-0.15, -0.1) is 0 Å². The van der Waals surface area contributed by atoms with Crippen molar-refractivity contribution in [1.82, 2.24) is 9.78 Å². The third-order valence-corrected chi connectivity index (χ3v) is 3.96. The molecule has 29 heavy (non-hydrogen) atoms. The van der Waals surface area contributed by atoms with Gasteiger partial charge in [-0.1, -0.05) is 18.2 Å². The molecule has 0 aliphatic carbocycles. The van der Waals surface area contributed by atoms with E-state index in [-0.39, 0.29) is 17.1 Å². The van der Waals surface area contributed by atoms with Gasteiger partial charge >= 0.3 is 12.8 Å². The normalized spacial score (nSPS) is 11.6. The van der Waals surface area contributed by atoms with Crippen molar-refractivity contribution in [3.8, 4) is 11.4 Å². The number of halogens is 5. The van der Waals surface area contributed by atoms with Crippen LogP contribution in [0.4, 0.5) is 27.6 Å². The molecule has 3 aromatic rings. The monoisotopic (exact) mass is 411 g/mol. The molecule has 0 aliphatic heterocycles. The van der Waals surface area contributed by atoms with Crippen molar-refractivity contribution in [2.45, 2.75) is 19.7 Å². The van der Waals surface area contributed by atoms with Crippen LogP contribution in [-0.2, 0) is 6.18 Å². The van der Waals surface area contributed by atoms with E-state index in [0.29, 0.717) is 10.2 Å². The van der Waals surface area contributed by atoms with Crippen molar-refractivity contribution in [3.05, 3.63) is 71.5 Å². The van der Waals surface area contributed by atoms with Crippen LogP contribution in [-0.4, -0.2) is 22.3 Å². The van der Waals surface area contributed by atoms with E-state index >= 15 is 0 Å². The van der Waals surface area contributed by atoms with Gasteiger partial charge in [-0.2, -0.15) is 27.1 Å². The first-order valence-electron chi connectivity index (χ1n) is 8.24. The van der Waals surface area contributed by atoms with Crippen LogP contribution in [0.5, 0.6) is 5.75 Å². The summed E-state index contributed by atoms with van der Waals surface area (Å²) in [5, 5.41) is 6.05. The Bertz CT molecular complexity index is 1010. The Morgan fingerprint density at radius 2 is 1.76 bits per heavy atom. The zero-order valence-corrected chi connectivity index (χ0v) is 14.9. The van der Waals surface area contributed by atoms with Crippen molar-refractivity contribution in [3.63, 3.8) is 0 Å². The summed E-state index contributed by atoms with van der Waals surface area (Å²) >= 11 is 0. The lowest BCUT2D eigenvalue weighted by Gasteiger charge is -2.14. The largest absolute Gasteiger partial charge is 0.435 e. The molecular weight excluding hydrogens is 397 g/mol. The number of para-hydroxylation sites is 1. The number of nitrogens with one attached hydrogen (secondary N) is 1. The molecule has 0 atom stereocenters. The van der Waals surface area contributed by atoms with Crippen molar-refractivity contribution in [2.75, 3.05) is 5.32 Å². The number of carbonyl (C=O) groups excluding carboxylic acids is 1. The molecule has 152 valence electrons. The molecule has 1 aromatic heterocycles. The molecule has 1 amide bonds.